The molecule has 0 aliphatic carbocycles. The van der Waals surface area contributed by atoms with Gasteiger partial charge in [0.2, 0.25) is 0 Å². The molecule has 5 N–H and O–H groups in total. The molecule has 0 bridgehead atoms. The lowest BCUT2D eigenvalue weighted by atomic mass is 9.98. The van der Waals surface area contributed by atoms with Gasteiger partial charge in [0.05, 0.1) is 12.2 Å². The van der Waals surface area contributed by atoms with Gasteiger partial charge in [-0.2, -0.15) is 0 Å². The highest BCUT2D eigenvalue weighted by molar-refractivity contribution is 7.53. The molecule has 0 saturated carbocycles. The molecule has 1 rings (SSSR count). The van der Waals surface area contributed by atoms with Gasteiger partial charge in [-0.15, -0.1) is 0 Å². The van der Waals surface area contributed by atoms with Gasteiger partial charge >= 0.3 is 13.3 Å². The minimum absolute atomic E-state index is 0.0767. The van der Waals surface area contributed by atoms with E-state index in [1.807, 2.05) is 4.98 Å². The standard InChI is InChI=1S/C14H25N2O8P/c1-10(18)25(22,23)24-13(2,3)6-4-7-14(21,9-17)16-8-5-11(19)15-12(16)20/h5,8,10,17-18,21H,4,6-7,9H2,1-3H3,(H,22,23)(H,15,19,20)/t10?,14-/m0/s1. The van der Waals surface area contributed by atoms with Crippen LogP contribution in [0.1, 0.15) is 40.0 Å². The fourth-order valence-corrected chi connectivity index (χ4v) is 3.25. The van der Waals surface area contributed by atoms with E-state index in [-0.39, 0.29) is 19.3 Å². The van der Waals surface area contributed by atoms with Crippen molar-refractivity contribution < 1.29 is 29.3 Å². The quantitative estimate of drug-likeness (QED) is 0.364. The Kier molecular flexibility index (Phi) is 6.91. The maximum absolute atomic E-state index is 11.8. The van der Waals surface area contributed by atoms with Crippen LogP contribution in [0.3, 0.4) is 0 Å². The zero-order valence-electron chi connectivity index (χ0n) is 14.4. The van der Waals surface area contributed by atoms with Gasteiger partial charge < -0.3 is 24.7 Å². The van der Waals surface area contributed by atoms with Crippen molar-refractivity contribution in [2.45, 2.75) is 57.2 Å². The van der Waals surface area contributed by atoms with Gasteiger partial charge in [-0.1, -0.05) is 0 Å². The second-order valence-corrected chi connectivity index (χ2v) is 8.58. The lowest BCUT2D eigenvalue weighted by Crippen LogP contribution is -2.46. The summed E-state index contributed by atoms with van der Waals surface area (Å²) in [5.74, 6) is -1.54. The minimum atomic E-state index is -4.20. The van der Waals surface area contributed by atoms with Crippen molar-refractivity contribution >= 4 is 7.60 Å². The number of aromatic amines is 1. The third kappa shape index (κ3) is 5.88. The molecule has 1 heterocycles. The summed E-state index contributed by atoms with van der Waals surface area (Å²) in [6.45, 7) is 3.46. The number of nitrogens with one attached hydrogen (secondary N) is 1. The van der Waals surface area contributed by atoms with Gasteiger partial charge in [0.15, 0.2) is 11.6 Å². The van der Waals surface area contributed by atoms with E-state index in [2.05, 4.69) is 0 Å². The van der Waals surface area contributed by atoms with Crippen molar-refractivity contribution in [2.24, 2.45) is 0 Å². The van der Waals surface area contributed by atoms with Crippen LogP contribution < -0.4 is 11.2 Å². The van der Waals surface area contributed by atoms with Crippen molar-refractivity contribution in [1.29, 1.82) is 0 Å². The van der Waals surface area contributed by atoms with E-state index in [1.165, 1.54) is 0 Å². The fraction of sp³-hybridized carbons (Fsp3) is 0.714. The van der Waals surface area contributed by atoms with Gasteiger partial charge in [-0.25, -0.2) is 4.79 Å². The normalized spacial score (nSPS) is 18.4. The Hall–Kier alpha value is -1.29. The zero-order chi connectivity index (χ0) is 19.5. The van der Waals surface area contributed by atoms with Crippen LogP contribution >= 0.6 is 7.60 Å². The van der Waals surface area contributed by atoms with Crippen LogP contribution in [0.5, 0.6) is 0 Å². The highest BCUT2D eigenvalue weighted by Crippen LogP contribution is 2.50. The number of aliphatic hydroxyl groups excluding tert-OH is 2. The number of nitrogens with zero attached hydrogens (tertiary/aromatic N) is 1. The largest absolute Gasteiger partial charge is 0.391 e. The Morgan fingerprint density at radius 3 is 2.44 bits per heavy atom. The molecule has 11 heteroatoms. The first-order valence-electron chi connectivity index (χ1n) is 7.70. The van der Waals surface area contributed by atoms with E-state index in [0.29, 0.717) is 0 Å². The van der Waals surface area contributed by atoms with Crippen LogP contribution in [0.2, 0.25) is 0 Å². The second-order valence-electron chi connectivity index (χ2n) is 6.52. The molecule has 0 fully saturated rings. The smallest absolute Gasteiger partial charge is 0.356 e. The van der Waals surface area contributed by atoms with Crippen LogP contribution in [0, 0.1) is 0 Å². The molecular weight excluding hydrogens is 355 g/mol. The first-order chi connectivity index (χ1) is 11.3. The third-order valence-electron chi connectivity index (χ3n) is 3.73. The Morgan fingerprint density at radius 2 is 1.96 bits per heavy atom. The summed E-state index contributed by atoms with van der Waals surface area (Å²) in [6.07, 6.45) is 1.42. The molecule has 25 heavy (non-hydrogen) atoms. The van der Waals surface area contributed by atoms with Gasteiger partial charge in [0, 0.05) is 12.3 Å². The molecule has 144 valence electrons. The summed E-state index contributed by atoms with van der Waals surface area (Å²) in [7, 11) is -4.20. The number of rotatable bonds is 9. The average molecular weight is 380 g/mol. The lowest BCUT2D eigenvalue weighted by molar-refractivity contribution is -0.0954. The first-order valence-corrected chi connectivity index (χ1v) is 9.35. The Bertz CT molecular complexity index is 741. The zero-order valence-corrected chi connectivity index (χ0v) is 15.3. The predicted octanol–water partition coefficient (Wildman–Crippen LogP) is -0.337. The van der Waals surface area contributed by atoms with Gasteiger partial charge in [-0.05, 0) is 40.0 Å². The molecule has 0 aliphatic rings. The van der Waals surface area contributed by atoms with Crippen LogP contribution in [-0.2, 0) is 14.8 Å². The van der Waals surface area contributed by atoms with Crippen molar-refractivity contribution in [1.82, 2.24) is 9.55 Å². The van der Waals surface area contributed by atoms with Crippen LogP contribution in [0.4, 0.5) is 0 Å². The molecule has 0 spiro atoms. The summed E-state index contributed by atoms with van der Waals surface area (Å²) >= 11 is 0. The maximum atomic E-state index is 11.8. The summed E-state index contributed by atoms with van der Waals surface area (Å²) in [6, 6.07) is 1.04. The predicted molar refractivity (Wildman–Crippen MR) is 89.1 cm³/mol. The molecule has 3 atom stereocenters. The van der Waals surface area contributed by atoms with Gasteiger partial charge in [0.1, 0.15) is 0 Å². The molecule has 0 saturated heterocycles. The average Bonchev–Trinajstić information content (AvgIpc) is 2.45. The van der Waals surface area contributed by atoms with Crippen molar-refractivity contribution in [3.05, 3.63) is 33.1 Å². The topological polar surface area (TPSA) is 162 Å². The summed E-state index contributed by atoms with van der Waals surface area (Å²) in [4.78, 5) is 34.4. The van der Waals surface area contributed by atoms with E-state index < -0.39 is 42.6 Å². The van der Waals surface area contributed by atoms with Crippen LogP contribution in [0.15, 0.2) is 21.9 Å². The van der Waals surface area contributed by atoms with Crippen molar-refractivity contribution in [3.63, 3.8) is 0 Å². The van der Waals surface area contributed by atoms with E-state index in [9.17, 15) is 34.4 Å². The molecule has 0 radical (unpaired) electrons. The first kappa shape index (κ1) is 21.8. The maximum Gasteiger partial charge on any atom is 0.356 e. The van der Waals surface area contributed by atoms with E-state index in [4.69, 9.17) is 4.52 Å². The molecule has 0 aliphatic heterocycles. The van der Waals surface area contributed by atoms with Gasteiger partial charge in [0.25, 0.3) is 5.56 Å². The van der Waals surface area contributed by atoms with E-state index >= 15 is 0 Å². The van der Waals surface area contributed by atoms with E-state index in [0.717, 1.165) is 23.8 Å². The van der Waals surface area contributed by atoms with Crippen molar-refractivity contribution in [2.75, 3.05) is 6.61 Å². The second kappa shape index (κ2) is 7.94. The number of hydrogen-bond donors (Lipinski definition) is 5. The van der Waals surface area contributed by atoms with Crippen molar-refractivity contribution in [3.8, 4) is 0 Å². The number of hydrogen-bond acceptors (Lipinski definition) is 7. The summed E-state index contributed by atoms with van der Waals surface area (Å²) in [5.41, 5.74) is -4.53. The minimum Gasteiger partial charge on any atom is -0.391 e. The number of aromatic nitrogens is 2. The Morgan fingerprint density at radius 1 is 1.36 bits per heavy atom. The number of H-pyrrole nitrogens is 1. The van der Waals surface area contributed by atoms with Crippen LogP contribution in [-0.4, -0.2) is 47.8 Å². The third-order valence-corrected chi connectivity index (χ3v) is 5.43. The molecular formula is C14H25N2O8P. The summed E-state index contributed by atoms with van der Waals surface area (Å²) in [5, 5.41) is 29.2. The van der Waals surface area contributed by atoms with E-state index in [1.54, 1.807) is 13.8 Å². The number of aliphatic hydroxyl groups is 3. The molecule has 0 amide bonds. The SMILES string of the molecule is CC(O)P(=O)(O)OC(C)(C)CCC[C@](O)(CO)n1ccc(=O)[nH]c1=O. The fourth-order valence-electron chi connectivity index (χ4n) is 2.29. The Labute approximate surface area is 144 Å². The highest BCUT2D eigenvalue weighted by atomic mass is 31.2. The molecule has 0 aromatic carbocycles. The molecule has 1 aromatic rings. The molecule has 10 nitrogen and oxygen atoms in total. The Balaban J connectivity index is 2.82. The van der Waals surface area contributed by atoms with Gasteiger partial charge in [-0.3, -0.25) is 18.9 Å². The van der Waals surface area contributed by atoms with Crippen LogP contribution in [0.25, 0.3) is 0 Å². The molecule has 1 aromatic heterocycles. The highest BCUT2D eigenvalue weighted by Gasteiger charge is 2.36. The summed E-state index contributed by atoms with van der Waals surface area (Å²) < 4.78 is 17.7. The molecule has 2 unspecified atom stereocenters. The monoisotopic (exact) mass is 380 g/mol. The lowest BCUT2D eigenvalue weighted by Gasteiger charge is -2.31.